The van der Waals surface area contributed by atoms with Crippen LogP contribution in [0.2, 0.25) is 0 Å². The molecule has 0 unspecified atom stereocenters. The predicted molar refractivity (Wildman–Crippen MR) is 237 cm³/mol. The standard InChI is InChI=1S/C46H80O24/c1-6-8-17-26(18-14-12-10-9-11-13-16-25(49)19-29(50)51)65-45-41(34(56)32(54)28(67-45)21-61-43-37(59)35(57)39(22(3)62-43)64-24(5)48)70-46-42(33(55)31(53)27(20-47)66-46)69-44-38(60)36(58)40(23(4)63-44)68-30(52)15-7-2/h22-23,25-28,31-47,49,53-60H,6-21H2,1-5H3,(H,50,51)/t22-,23-,25-,26-,27+,28+,31+,32+,33-,34-,35-,36-,37+,38+,39-,40-,41+,42+,43+,44-,45+,46-/m0/s1. The van der Waals surface area contributed by atoms with Crippen molar-refractivity contribution in [1.82, 2.24) is 0 Å². The maximum Gasteiger partial charge on any atom is 0.306 e. The minimum atomic E-state index is -1.93. The zero-order chi connectivity index (χ0) is 51.8. The topological polar surface area (TPSA) is 366 Å². The van der Waals surface area contributed by atoms with Gasteiger partial charge in [-0.3, -0.25) is 14.4 Å². The van der Waals surface area contributed by atoms with Crippen LogP contribution in [0.3, 0.4) is 0 Å². The molecule has 4 saturated heterocycles. The molecular weight excluding hydrogens is 936 g/mol. The van der Waals surface area contributed by atoms with Gasteiger partial charge >= 0.3 is 17.9 Å². The molecule has 0 amide bonds. The van der Waals surface area contributed by atoms with Gasteiger partial charge in [0.05, 0.1) is 44.1 Å². The van der Waals surface area contributed by atoms with Crippen LogP contribution >= 0.6 is 0 Å². The number of carboxylic acid groups (broad SMARTS) is 1. The Bertz CT molecular complexity index is 1540. The van der Waals surface area contributed by atoms with E-state index < -0.39 is 166 Å². The number of unbranched alkanes of at least 4 members (excludes halogenated alkanes) is 6. The third kappa shape index (κ3) is 17.1. The van der Waals surface area contributed by atoms with Crippen molar-refractivity contribution in [2.24, 2.45) is 0 Å². The Morgan fingerprint density at radius 3 is 1.64 bits per heavy atom. The Morgan fingerprint density at radius 2 is 1.06 bits per heavy atom. The summed E-state index contributed by atoms with van der Waals surface area (Å²) in [6, 6.07) is 0. The third-order valence-corrected chi connectivity index (χ3v) is 13.0. The number of carbonyl (C=O) groups is 3. The fourth-order valence-electron chi connectivity index (χ4n) is 8.97. The van der Waals surface area contributed by atoms with Crippen LogP contribution in [-0.2, 0) is 61.8 Å². The van der Waals surface area contributed by atoms with Crippen LogP contribution in [0.5, 0.6) is 0 Å². The Kier molecular flexibility index (Phi) is 25.4. The Morgan fingerprint density at radius 1 is 0.557 bits per heavy atom. The highest BCUT2D eigenvalue weighted by atomic mass is 16.8. The van der Waals surface area contributed by atoms with Crippen LogP contribution in [0.25, 0.3) is 0 Å². The molecule has 0 saturated carbocycles. The van der Waals surface area contributed by atoms with Crippen molar-refractivity contribution >= 4 is 17.9 Å². The molecule has 0 aromatic heterocycles. The Hall–Kier alpha value is -2.31. The maximum atomic E-state index is 12.3. The van der Waals surface area contributed by atoms with Gasteiger partial charge < -0.3 is 104 Å². The second-order valence-corrected chi connectivity index (χ2v) is 18.8. The van der Waals surface area contributed by atoms with Crippen LogP contribution in [-0.4, -0.2) is 222 Å². The van der Waals surface area contributed by atoms with Gasteiger partial charge in [0.25, 0.3) is 0 Å². The van der Waals surface area contributed by atoms with Crippen LogP contribution < -0.4 is 0 Å². The number of carbonyl (C=O) groups excluding carboxylic acids is 2. The number of hydrogen-bond donors (Lipinski definition) is 11. The van der Waals surface area contributed by atoms with Gasteiger partial charge in [-0.1, -0.05) is 65.2 Å². The van der Waals surface area contributed by atoms with Crippen molar-refractivity contribution in [1.29, 1.82) is 0 Å². The van der Waals surface area contributed by atoms with Gasteiger partial charge in [-0.2, -0.15) is 0 Å². The summed E-state index contributed by atoms with van der Waals surface area (Å²) in [6.45, 7) is 6.40. The summed E-state index contributed by atoms with van der Waals surface area (Å²) in [5.41, 5.74) is 0. The number of aliphatic carboxylic acids is 1. The molecule has 0 aromatic carbocycles. The summed E-state index contributed by atoms with van der Waals surface area (Å²) in [6.07, 6.45) is -25.7. The first-order valence-electron chi connectivity index (χ1n) is 24.7. The fourth-order valence-corrected chi connectivity index (χ4v) is 8.97. The summed E-state index contributed by atoms with van der Waals surface area (Å²) in [5, 5.41) is 119. The van der Waals surface area contributed by atoms with Gasteiger partial charge in [0, 0.05) is 13.3 Å². The van der Waals surface area contributed by atoms with E-state index in [0.717, 1.165) is 39.0 Å². The second-order valence-electron chi connectivity index (χ2n) is 18.8. The van der Waals surface area contributed by atoms with Gasteiger partial charge in [-0.05, 0) is 39.5 Å². The monoisotopic (exact) mass is 1020 g/mol. The number of aliphatic hydroxyl groups excluding tert-OH is 10. The molecule has 4 fully saturated rings. The molecule has 70 heavy (non-hydrogen) atoms. The summed E-state index contributed by atoms with van der Waals surface area (Å²) in [4.78, 5) is 34.8. The van der Waals surface area contributed by atoms with E-state index >= 15 is 0 Å². The van der Waals surface area contributed by atoms with Gasteiger partial charge in [0.1, 0.15) is 73.2 Å². The molecule has 4 rings (SSSR count). The van der Waals surface area contributed by atoms with E-state index in [9.17, 15) is 65.4 Å². The van der Waals surface area contributed by atoms with Crippen LogP contribution in [0, 0.1) is 0 Å². The number of esters is 2. The normalized spacial score (nSPS) is 39.0. The van der Waals surface area contributed by atoms with Crippen molar-refractivity contribution in [3.63, 3.8) is 0 Å². The smallest absolute Gasteiger partial charge is 0.306 e. The molecule has 24 heteroatoms. The highest BCUT2D eigenvalue weighted by Gasteiger charge is 2.55. The van der Waals surface area contributed by atoms with Crippen LogP contribution in [0.4, 0.5) is 0 Å². The lowest BCUT2D eigenvalue weighted by molar-refractivity contribution is -0.396. The van der Waals surface area contributed by atoms with Crippen LogP contribution in [0.15, 0.2) is 0 Å². The van der Waals surface area contributed by atoms with Crippen molar-refractivity contribution in [2.45, 2.75) is 260 Å². The summed E-state index contributed by atoms with van der Waals surface area (Å²) >= 11 is 0. The van der Waals surface area contributed by atoms with Gasteiger partial charge in [0.15, 0.2) is 37.4 Å². The summed E-state index contributed by atoms with van der Waals surface area (Å²) in [5.74, 6) is -2.42. The van der Waals surface area contributed by atoms with E-state index in [4.69, 9.17) is 52.5 Å². The maximum absolute atomic E-state index is 12.3. The van der Waals surface area contributed by atoms with Gasteiger partial charge in [0.2, 0.25) is 0 Å². The van der Waals surface area contributed by atoms with E-state index in [-0.39, 0.29) is 12.8 Å². The van der Waals surface area contributed by atoms with Crippen molar-refractivity contribution in [3.8, 4) is 0 Å². The molecule has 4 aliphatic rings. The van der Waals surface area contributed by atoms with E-state index in [1.54, 1.807) is 6.92 Å². The number of rotatable bonds is 28. The lowest BCUT2D eigenvalue weighted by atomic mass is 9.96. The van der Waals surface area contributed by atoms with Crippen molar-refractivity contribution < 1.29 is 118 Å². The zero-order valence-corrected chi connectivity index (χ0v) is 40.7. The minimum Gasteiger partial charge on any atom is -0.481 e. The lowest BCUT2D eigenvalue weighted by Crippen LogP contribution is -2.67. The van der Waals surface area contributed by atoms with Crippen LogP contribution in [0.1, 0.15) is 125 Å². The Balaban J connectivity index is 1.56. The Labute approximate surface area is 407 Å². The van der Waals surface area contributed by atoms with Crippen molar-refractivity contribution in [2.75, 3.05) is 13.2 Å². The number of aliphatic hydroxyl groups is 10. The molecule has 0 bridgehead atoms. The SMILES string of the molecule is CCCC[C@@H](CCCCCCCC[C@H](O)CC(=O)O)O[C@@H]1O[C@H](CO[C@@H]2O[C@@H](C)[C@H](OC(C)=O)[C@@H](O)[C@H]2O)[C@@H](O)[C@H](O)[C@H]1O[C@@H]1O[C@H](CO)[C@@H](O)[C@H](O)[C@H]1O[C@@H]1O[C@@H](C)[C@H](OC(=O)CCC)[C@@H](O)[C@H]1O. The second kappa shape index (κ2) is 29.5. The minimum absolute atomic E-state index is 0.0393. The van der Waals surface area contributed by atoms with Crippen molar-refractivity contribution in [3.05, 3.63) is 0 Å². The summed E-state index contributed by atoms with van der Waals surface area (Å²) < 4.78 is 58.8. The molecule has 4 heterocycles. The van der Waals surface area contributed by atoms with Gasteiger partial charge in [-0.25, -0.2) is 0 Å². The van der Waals surface area contributed by atoms with E-state index in [1.807, 2.05) is 6.92 Å². The first-order chi connectivity index (χ1) is 33.2. The number of ether oxygens (including phenoxy) is 10. The first kappa shape index (κ1) is 60.2. The molecule has 0 spiro atoms. The number of hydrogen-bond acceptors (Lipinski definition) is 23. The number of carboxylic acids is 1. The molecule has 0 aliphatic carbocycles. The average Bonchev–Trinajstić information content (AvgIpc) is 3.30. The highest BCUT2D eigenvalue weighted by Crippen LogP contribution is 2.35. The molecule has 4 aliphatic heterocycles. The fraction of sp³-hybridized carbons (Fsp3) is 0.935. The zero-order valence-electron chi connectivity index (χ0n) is 40.7. The largest absolute Gasteiger partial charge is 0.481 e. The van der Waals surface area contributed by atoms with E-state index in [1.165, 1.54) is 13.8 Å². The predicted octanol–water partition coefficient (Wildman–Crippen LogP) is -1.23. The molecular formula is C46H80O24. The van der Waals surface area contributed by atoms with Gasteiger partial charge in [-0.15, -0.1) is 0 Å². The first-order valence-corrected chi connectivity index (χ1v) is 24.7. The molecule has 11 N–H and O–H groups in total. The molecule has 22 atom stereocenters. The van der Waals surface area contributed by atoms with E-state index in [2.05, 4.69) is 0 Å². The quantitative estimate of drug-likeness (QED) is 0.0323. The molecule has 0 radical (unpaired) electrons. The average molecular weight is 1020 g/mol. The molecule has 408 valence electrons. The third-order valence-electron chi connectivity index (χ3n) is 13.0. The molecule has 24 nitrogen and oxygen atoms in total. The molecule has 0 aromatic rings. The lowest BCUT2D eigenvalue weighted by Gasteiger charge is -2.49. The van der Waals surface area contributed by atoms with E-state index in [0.29, 0.717) is 44.9 Å². The summed E-state index contributed by atoms with van der Waals surface area (Å²) in [7, 11) is 0. The highest BCUT2D eigenvalue weighted by molar-refractivity contribution is 5.69.